The summed E-state index contributed by atoms with van der Waals surface area (Å²) in [6, 6.07) is 6.15. The van der Waals surface area contributed by atoms with E-state index in [-0.39, 0.29) is 33.2 Å². The summed E-state index contributed by atoms with van der Waals surface area (Å²) < 4.78 is 69.2. The first-order valence-corrected chi connectivity index (χ1v) is 10.6. The Morgan fingerprint density at radius 3 is 2.41 bits per heavy atom. The first-order chi connectivity index (χ1) is 16.2. The summed E-state index contributed by atoms with van der Waals surface area (Å²) >= 11 is 0. The van der Waals surface area contributed by atoms with Crippen LogP contribution in [-0.4, -0.2) is 25.4 Å². The number of H-pyrrole nitrogens is 1. The number of aromatic amines is 1. The molecule has 2 aromatic heterocycles. The molecule has 2 atom stereocenters. The van der Waals surface area contributed by atoms with Crippen molar-refractivity contribution in [1.82, 2.24) is 19.5 Å². The number of nitrogens with one attached hydrogen (secondary N) is 1. The Hall–Kier alpha value is -3.76. The van der Waals surface area contributed by atoms with E-state index >= 15 is 8.78 Å². The lowest BCUT2D eigenvalue weighted by Gasteiger charge is -2.48. The topological polar surface area (TPSA) is 66.8 Å². The molecule has 6 nitrogen and oxygen atoms in total. The quantitative estimate of drug-likeness (QED) is 0.323. The van der Waals surface area contributed by atoms with Gasteiger partial charge in [-0.15, -0.1) is 13.2 Å². The zero-order chi connectivity index (χ0) is 23.8. The number of fused-ring (bicyclic) bond motifs is 1. The maximum Gasteiger partial charge on any atom is 0.489 e. The van der Waals surface area contributed by atoms with Crippen LogP contribution in [0.2, 0.25) is 0 Å². The first-order valence-electron chi connectivity index (χ1n) is 10.6. The third kappa shape index (κ3) is 3.17. The second-order valence-corrected chi connectivity index (χ2v) is 8.61. The SMILES string of the molecule is O=C1C(C2CC2)[C@H](c2c(F)cc(-c3cn(C(F)(F)F)cn3)cc2F)N1c1ccc2nc[nH]c2c1. The van der Waals surface area contributed by atoms with Gasteiger partial charge in [-0.2, -0.15) is 0 Å². The van der Waals surface area contributed by atoms with E-state index in [1.165, 1.54) is 11.2 Å². The number of carbonyl (C=O) groups is 1. The highest BCUT2D eigenvalue weighted by atomic mass is 19.4. The van der Waals surface area contributed by atoms with E-state index in [1.54, 1.807) is 18.2 Å². The Labute approximate surface area is 189 Å². The second kappa shape index (κ2) is 7.12. The number of nitrogens with zero attached hydrogens (tertiary/aromatic N) is 4. The van der Waals surface area contributed by atoms with Crippen LogP contribution in [0.15, 0.2) is 49.2 Å². The van der Waals surface area contributed by atoms with E-state index in [1.807, 2.05) is 0 Å². The fourth-order valence-electron chi connectivity index (χ4n) is 4.72. The van der Waals surface area contributed by atoms with Gasteiger partial charge in [0.25, 0.3) is 0 Å². The number of halogens is 5. The molecule has 3 heterocycles. The number of β-lactam (4-membered cyclic amide) rings is 1. The highest BCUT2D eigenvalue weighted by Gasteiger charge is 2.56. The minimum Gasteiger partial charge on any atom is -0.345 e. The third-order valence-corrected chi connectivity index (χ3v) is 6.50. The maximum atomic E-state index is 15.3. The fourth-order valence-corrected chi connectivity index (χ4v) is 4.72. The van der Waals surface area contributed by atoms with E-state index in [0.717, 1.165) is 25.0 Å². The van der Waals surface area contributed by atoms with Crippen molar-refractivity contribution in [1.29, 1.82) is 0 Å². The standard InChI is InChI=1S/C23H16F5N5O/c24-14-5-12(18-8-32(10-31-18)23(26,27)28)6-15(25)20(14)21-19(11-1-2-11)22(34)33(21)13-3-4-16-17(7-13)30-9-29-16/h3-11,19,21H,1-2H2,(H,29,30)/t19?,21-/m1/s1. The normalized spacial score (nSPS) is 20.7. The Balaban J connectivity index is 1.41. The number of benzene rings is 2. The molecule has 1 saturated heterocycles. The van der Waals surface area contributed by atoms with Crippen LogP contribution in [0.4, 0.5) is 27.6 Å². The molecule has 6 rings (SSSR count). The summed E-state index contributed by atoms with van der Waals surface area (Å²) in [5.41, 5.74) is 1.23. The predicted molar refractivity (Wildman–Crippen MR) is 111 cm³/mol. The zero-order valence-corrected chi connectivity index (χ0v) is 17.4. The summed E-state index contributed by atoms with van der Waals surface area (Å²) in [5.74, 6) is -2.60. The lowest BCUT2D eigenvalue weighted by molar-refractivity contribution is -0.204. The molecule has 4 aromatic rings. The van der Waals surface area contributed by atoms with Crippen LogP contribution in [0, 0.1) is 23.5 Å². The molecule has 34 heavy (non-hydrogen) atoms. The van der Waals surface area contributed by atoms with Crippen molar-refractivity contribution in [3.05, 3.63) is 66.4 Å². The first kappa shape index (κ1) is 20.8. The Morgan fingerprint density at radius 1 is 1.03 bits per heavy atom. The van der Waals surface area contributed by atoms with Crippen LogP contribution >= 0.6 is 0 Å². The summed E-state index contributed by atoms with van der Waals surface area (Å²) in [6.07, 6.45) is -0.371. The van der Waals surface area contributed by atoms with Crippen molar-refractivity contribution in [3.63, 3.8) is 0 Å². The average Bonchev–Trinajstić information content (AvgIpc) is 3.26. The molecular formula is C23H16F5N5O. The highest BCUT2D eigenvalue weighted by Crippen LogP contribution is 2.55. The highest BCUT2D eigenvalue weighted by molar-refractivity contribution is 6.04. The number of hydrogen-bond acceptors (Lipinski definition) is 3. The van der Waals surface area contributed by atoms with Crippen LogP contribution in [-0.2, 0) is 11.1 Å². The Kier molecular flexibility index (Phi) is 4.36. The largest absolute Gasteiger partial charge is 0.489 e. The van der Waals surface area contributed by atoms with Gasteiger partial charge >= 0.3 is 6.30 Å². The van der Waals surface area contributed by atoms with Gasteiger partial charge in [0.1, 0.15) is 18.0 Å². The van der Waals surface area contributed by atoms with Gasteiger partial charge in [0.05, 0.1) is 35.0 Å². The second-order valence-electron chi connectivity index (χ2n) is 8.61. The zero-order valence-electron chi connectivity index (χ0n) is 17.4. The van der Waals surface area contributed by atoms with Crippen LogP contribution in [0.1, 0.15) is 24.4 Å². The van der Waals surface area contributed by atoms with Crippen molar-refractivity contribution in [2.75, 3.05) is 4.90 Å². The minimum atomic E-state index is -4.69. The summed E-state index contributed by atoms with van der Waals surface area (Å²) in [6.45, 7) is 0. The van der Waals surface area contributed by atoms with E-state index < -0.39 is 29.9 Å². The smallest absolute Gasteiger partial charge is 0.345 e. The fraction of sp³-hybridized carbons (Fsp3) is 0.261. The molecule has 174 valence electrons. The molecule has 0 bridgehead atoms. The lowest BCUT2D eigenvalue weighted by atomic mass is 9.78. The molecule has 1 N–H and O–H groups in total. The number of hydrogen-bond donors (Lipinski definition) is 1. The van der Waals surface area contributed by atoms with Gasteiger partial charge in [-0.3, -0.25) is 4.79 Å². The number of imidazole rings is 2. The van der Waals surface area contributed by atoms with Crippen LogP contribution in [0.3, 0.4) is 0 Å². The lowest BCUT2D eigenvalue weighted by Crippen LogP contribution is -2.56. The van der Waals surface area contributed by atoms with Gasteiger partial charge in [0.2, 0.25) is 5.91 Å². The average molecular weight is 473 g/mol. The molecule has 0 radical (unpaired) electrons. The number of rotatable bonds is 4. The van der Waals surface area contributed by atoms with Crippen LogP contribution < -0.4 is 4.90 Å². The number of anilines is 1. The molecule has 1 aliphatic carbocycles. The van der Waals surface area contributed by atoms with Gasteiger partial charge in [-0.25, -0.2) is 23.3 Å². The van der Waals surface area contributed by atoms with Crippen LogP contribution in [0.25, 0.3) is 22.3 Å². The maximum absolute atomic E-state index is 15.3. The van der Waals surface area contributed by atoms with E-state index in [0.29, 0.717) is 29.2 Å². The molecule has 0 spiro atoms. The molecule has 1 unspecified atom stereocenters. The van der Waals surface area contributed by atoms with Crippen molar-refractivity contribution in [2.24, 2.45) is 11.8 Å². The number of aromatic nitrogens is 4. The van der Waals surface area contributed by atoms with Crippen LogP contribution in [0.5, 0.6) is 0 Å². The number of carbonyl (C=O) groups excluding carboxylic acids is 1. The third-order valence-electron chi connectivity index (χ3n) is 6.50. The molecule has 2 fully saturated rings. The summed E-state index contributed by atoms with van der Waals surface area (Å²) in [7, 11) is 0. The number of alkyl halides is 3. The molecular weight excluding hydrogens is 457 g/mol. The van der Waals surface area contributed by atoms with Gasteiger partial charge in [0.15, 0.2) is 0 Å². The van der Waals surface area contributed by atoms with E-state index in [2.05, 4.69) is 15.0 Å². The van der Waals surface area contributed by atoms with Gasteiger partial charge in [-0.1, -0.05) is 0 Å². The molecule has 2 aromatic carbocycles. The minimum absolute atomic E-state index is 0.0468. The molecule has 1 saturated carbocycles. The summed E-state index contributed by atoms with van der Waals surface area (Å²) in [5, 5.41) is 0. The van der Waals surface area contributed by atoms with Gasteiger partial charge < -0.3 is 9.88 Å². The molecule has 1 aliphatic heterocycles. The predicted octanol–water partition coefficient (Wildman–Crippen LogP) is 5.30. The van der Waals surface area contributed by atoms with Gasteiger partial charge in [0, 0.05) is 23.0 Å². The Morgan fingerprint density at radius 2 is 1.76 bits per heavy atom. The monoisotopic (exact) mass is 473 g/mol. The number of amides is 1. The van der Waals surface area contributed by atoms with E-state index in [4.69, 9.17) is 0 Å². The molecule has 1 amide bonds. The van der Waals surface area contributed by atoms with Crippen molar-refractivity contribution in [2.45, 2.75) is 25.2 Å². The van der Waals surface area contributed by atoms with Crippen molar-refractivity contribution >= 4 is 22.6 Å². The molecule has 2 aliphatic rings. The summed E-state index contributed by atoms with van der Waals surface area (Å²) in [4.78, 5) is 25.1. The molecule has 11 heteroatoms. The van der Waals surface area contributed by atoms with Crippen molar-refractivity contribution < 1.29 is 26.7 Å². The van der Waals surface area contributed by atoms with E-state index in [9.17, 15) is 18.0 Å². The Bertz CT molecular complexity index is 1410. The van der Waals surface area contributed by atoms with Crippen molar-refractivity contribution in [3.8, 4) is 11.3 Å². The van der Waals surface area contributed by atoms with Gasteiger partial charge in [-0.05, 0) is 49.1 Å².